The van der Waals surface area contributed by atoms with E-state index in [0.29, 0.717) is 31.8 Å². The number of nitrogens with two attached hydrogens (primary N) is 1. The van der Waals surface area contributed by atoms with Crippen LogP contribution in [0.4, 0.5) is 4.39 Å². The smallest absolute Gasteiger partial charge is 0.168 e. The molecule has 2 rings (SSSR count). The van der Waals surface area contributed by atoms with Crippen molar-refractivity contribution in [1.82, 2.24) is 0 Å². The lowest BCUT2D eigenvalue weighted by Crippen LogP contribution is -2.45. The highest BCUT2D eigenvalue weighted by Crippen LogP contribution is 2.21. The predicted molar refractivity (Wildman–Crippen MR) is 65.2 cm³/mol. The second kappa shape index (κ2) is 6.13. The van der Waals surface area contributed by atoms with Crippen LogP contribution in [0.25, 0.3) is 0 Å². The molecule has 100 valence electrons. The Bertz CT molecular complexity index is 394. The molecule has 0 saturated carbocycles. The monoisotopic (exact) mass is 255 g/mol. The summed E-state index contributed by atoms with van der Waals surface area (Å²) < 4.78 is 29.7. The lowest BCUT2D eigenvalue weighted by atomic mass is 10.0. The number of ether oxygens (including phenoxy) is 3. The van der Waals surface area contributed by atoms with Gasteiger partial charge in [-0.2, -0.15) is 0 Å². The molecule has 1 heterocycles. The first-order valence-corrected chi connectivity index (χ1v) is 5.98. The van der Waals surface area contributed by atoms with E-state index in [4.69, 9.17) is 19.9 Å². The van der Waals surface area contributed by atoms with Crippen LogP contribution in [-0.4, -0.2) is 39.1 Å². The van der Waals surface area contributed by atoms with Gasteiger partial charge in [0.2, 0.25) is 0 Å². The van der Waals surface area contributed by atoms with Crippen LogP contribution in [0, 0.1) is 5.82 Å². The van der Waals surface area contributed by atoms with Crippen molar-refractivity contribution in [1.29, 1.82) is 0 Å². The molecule has 0 radical (unpaired) electrons. The Morgan fingerprint density at radius 3 is 3.00 bits per heavy atom. The van der Waals surface area contributed by atoms with E-state index < -0.39 is 0 Å². The van der Waals surface area contributed by atoms with Crippen LogP contribution >= 0.6 is 0 Å². The summed E-state index contributed by atoms with van der Waals surface area (Å²) in [6, 6.07) is 4.76. The predicted octanol–water partition coefficient (Wildman–Crippen LogP) is 1.12. The molecule has 2 N–H and O–H groups in total. The zero-order valence-electron chi connectivity index (χ0n) is 10.4. The number of methoxy groups -OCH3 is 1. The molecule has 1 saturated heterocycles. The molecule has 0 aromatic heterocycles. The Balaban J connectivity index is 2.04. The quantitative estimate of drug-likeness (QED) is 0.876. The minimum Gasteiger partial charge on any atom is -0.494 e. The molecule has 1 aromatic rings. The van der Waals surface area contributed by atoms with E-state index in [-0.39, 0.29) is 23.7 Å². The SMILES string of the molecule is COc1cccc(CC(N)C2COCCO2)c1F. The van der Waals surface area contributed by atoms with Crippen LogP contribution in [-0.2, 0) is 15.9 Å². The normalized spacial score (nSPS) is 21.6. The molecule has 18 heavy (non-hydrogen) atoms. The van der Waals surface area contributed by atoms with Crippen LogP contribution < -0.4 is 10.5 Å². The second-order valence-electron chi connectivity index (χ2n) is 4.29. The average Bonchev–Trinajstić information content (AvgIpc) is 2.42. The first kappa shape index (κ1) is 13.3. The van der Waals surface area contributed by atoms with E-state index in [1.54, 1.807) is 18.2 Å². The van der Waals surface area contributed by atoms with Gasteiger partial charge in [-0.15, -0.1) is 0 Å². The summed E-state index contributed by atoms with van der Waals surface area (Å²) in [5.41, 5.74) is 6.57. The van der Waals surface area contributed by atoms with Gasteiger partial charge in [0.05, 0.1) is 33.0 Å². The third-order valence-electron chi connectivity index (χ3n) is 3.04. The van der Waals surface area contributed by atoms with Crippen molar-refractivity contribution >= 4 is 0 Å². The van der Waals surface area contributed by atoms with Crippen molar-refractivity contribution in [2.24, 2.45) is 5.73 Å². The van der Waals surface area contributed by atoms with Crippen molar-refractivity contribution in [3.63, 3.8) is 0 Å². The van der Waals surface area contributed by atoms with Gasteiger partial charge in [0.1, 0.15) is 0 Å². The van der Waals surface area contributed by atoms with Crippen molar-refractivity contribution in [3.8, 4) is 5.75 Å². The summed E-state index contributed by atoms with van der Waals surface area (Å²) >= 11 is 0. The van der Waals surface area contributed by atoms with E-state index in [9.17, 15) is 4.39 Å². The fourth-order valence-electron chi connectivity index (χ4n) is 2.01. The van der Waals surface area contributed by atoms with Crippen LogP contribution in [0.3, 0.4) is 0 Å². The average molecular weight is 255 g/mol. The van der Waals surface area contributed by atoms with Crippen LogP contribution in [0.5, 0.6) is 5.75 Å². The molecule has 0 bridgehead atoms. The van der Waals surface area contributed by atoms with E-state index in [0.717, 1.165) is 0 Å². The van der Waals surface area contributed by atoms with Crippen LogP contribution in [0.1, 0.15) is 5.56 Å². The minimum absolute atomic E-state index is 0.177. The molecule has 1 fully saturated rings. The molecule has 2 unspecified atom stereocenters. The van der Waals surface area contributed by atoms with E-state index >= 15 is 0 Å². The van der Waals surface area contributed by atoms with E-state index in [1.165, 1.54) is 7.11 Å². The number of hydrogen-bond acceptors (Lipinski definition) is 4. The molecule has 1 aliphatic rings. The summed E-state index contributed by atoms with van der Waals surface area (Å²) in [7, 11) is 1.44. The Morgan fingerprint density at radius 1 is 1.50 bits per heavy atom. The Morgan fingerprint density at radius 2 is 2.33 bits per heavy atom. The van der Waals surface area contributed by atoms with E-state index in [2.05, 4.69) is 0 Å². The summed E-state index contributed by atoms with van der Waals surface area (Å²) in [5, 5.41) is 0. The number of halogens is 1. The third-order valence-corrected chi connectivity index (χ3v) is 3.04. The zero-order valence-corrected chi connectivity index (χ0v) is 10.4. The van der Waals surface area contributed by atoms with Crippen LogP contribution in [0.15, 0.2) is 18.2 Å². The highest BCUT2D eigenvalue weighted by Gasteiger charge is 2.23. The molecule has 1 aromatic carbocycles. The first-order chi connectivity index (χ1) is 8.72. The lowest BCUT2D eigenvalue weighted by molar-refractivity contribution is -0.0968. The standard InChI is InChI=1S/C13H18FNO3/c1-16-11-4-2-3-9(13(11)14)7-10(15)12-8-17-5-6-18-12/h2-4,10,12H,5-8,15H2,1H3. The minimum atomic E-state index is -0.354. The molecule has 0 spiro atoms. The zero-order chi connectivity index (χ0) is 13.0. The summed E-state index contributed by atoms with van der Waals surface area (Å²) in [6.07, 6.45) is 0.223. The Labute approximate surface area is 106 Å². The molecule has 1 aliphatic heterocycles. The molecular weight excluding hydrogens is 237 g/mol. The Hall–Kier alpha value is -1.17. The molecule has 0 aliphatic carbocycles. The second-order valence-corrected chi connectivity index (χ2v) is 4.29. The number of hydrogen-bond donors (Lipinski definition) is 1. The maximum atomic E-state index is 13.9. The van der Waals surface area contributed by atoms with Crippen molar-refractivity contribution in [2.45, 2.75) is 18.6 Å². The van der Waals surface area contributed by atoms with Gasteiger partial charge in [0, 0.05) is 6.04 Å². The molecule has 0 amide bonds. The lowest BCUT2D eigenvalue weighted by Gasteiger charge is -2.28. The summed E-state index contributed by atoms with van der Waals surface area (Å²) in [5.74, 6) is -0.118. The largest absolute Gasteiger partial charge is 0.494 e. The maximum absolute atomic E-state index is 13.9. The highest BCUT2D eigenvalue weighted by atomic mass is 19.1. The van der Waals surface area contributed by atoms with Crippen LogP contribution in [0.2, 0.25) is 0 Å². The molecular formula is C13H18FNO3. The summed E-state index contributed by atoms with van der Waals surface area (Å²) in [4.78, 5) is 0. The van der Waals surface area contributed by atoms with Gasteiger partial charge in [0.25, 0.3) is 0 Å². The topological polar surface area (TPSA) is 53.7 Å². The van der Waals surface area contributed by atoms with E-state index in [1.807, 2.05) is 0 Å². The number of benzene rings is 1. The molecule has 4 nitrogen and oxygen atoms in total. The van der Waals surface area contributed by atoms with Gasteiger partial charge in [-0.3, -0.25) is 0 Å². The van der Waals surface area contributed by atoms with Gasteiger partial charge in [-0.05, 0) is 18.1 Å². The third kappa shape index (κ3) is 2.98. The molecule has 5 heteroatoms. The Kier molecular flexibility index (Phi) is 4.52. The van der Waals surface area contributed by atoms with Crippen molar-refractivity contribution in [2.75, 3.05) is 26.9 Å². The maximum Gasteiger partial charge on any atom is 0.168 e. The van der Waals surface area contributed by atoms with Gasteiger partial charge in [-0.1, -0.05) is 12.1 Å². The number of rotatable bonds is 4. The van der Waals surface area contributed by atoms with Crippen molar-refractivity contribution < 1.29 is 18.6 Å². The van der Waals surface area contributed by atoms with Gasteiger partial charge in [-0.25, -0.2) is 4.39 Å². The highest BCUT2D eigenvalue weighted by molar-refractivity contribution is 5.31. The fourth-order valence-corrected chi connectivity index (χ4v) is 2.01. The summed E-state index contributed by atoms with van der Waals surface area (Å²) in [6.45, 7) is 1.60. The molecule has 2 atom stereocenters. The fraction of sp³-hybridized carbons (Fsp3) is 0.538. The van der Waals surface area contributed by atoms with Gasteiger partial charge < -0.3 is 19.9 Å². The van der Waals surface area contributed by atoms with Crippen molar-refractivity contribution in [3.05, 3.63) is 29.6 Å². The van der Waals surface area contributed by atoms with Gasteiger partial charge in [0.15, 0.2) is 11.6 Å². The van der Waals surface area contributed by atoms with Gasteiger partial charge >= 0.3 is 0 Å². The first-order valence-electron chi connectivity index (χ1n) is 5.98.